The van der Waals surface area contributed by atoms with Crippen LogP contribution in [-0.4, -0.2) is 51.4 Å². The first-order chi connectivity index (χ1) is 10.3. The molecule has 1 aromatic rings. The molecule has 0 radical (unpaired) electrons. The lowest BCUT2D eigenvalue weighted by Gasteiger charge is -2.49. The number of aliphatic hydroxyl groups excluding tert-OH is 2. The van der Waals surface area contributed by atoms with Gasteiger partial charge in [0.25, 0.3) is 5.91 Å². The summed E-state index contributed by atoms with van der Waals surface area (Å²) in [7, 11) is 0. The number of carbonyl (C=O) groups excluding carboxylic acids is 1. The number of nitrogens with one attached hydrogen (secondary N) is 1. The standard InChI is InChI=1S/C17H26N2O3/c1-17(2,3)18-16(22)15(21)14-9-13(11-20)19(14)10-12-7-5-4-6-8-12/h4-8,13-15,20-21H,9-11H2,1-3H3,(H,18,22)/t13?,14?,15-/m1/s1. The molecule has 22 heavy (non-hydrogen) atoms. The van der Waals surface area contributed by atoms with Gasteiger partial charge < -0.3 is 15.5 Å². The predicted molar refractivity (Wildman–Crippen MR) is 85.2 cm³/mol. The van der Waals surface area contributed by atoms with Gasteiger partial charge in [0.2, 0.25) is 0 Å². The third-order valence-electron chi connectivity index (χ3n) is 3.96. The molecule has 1 heterocycles. The Morgan fingerprint density at radius 2 is 2.00 bits per heavy atom. The minimum atomic E-state index is -1.08. The van der Waals surface area contributed by atoms with Crippen LogP contribution in [0.25, 0.3) is 0 Å². The maximum Gasteiger partial charge on any atom is 0.250 e. The molecule has 0 aromatic heterocycles. The molecule has 3 N–H and O–H groups in total. The van der Waals surface area contributed by atoms with Gasteiger partial charge in [0.05, 0.1) is 6.61 Å². The summed E-state index contributed by atoms with van der Waals surface area (Å²) in [4.78, 5) is 14.1. The van der Waals surface area contributed by atoms with Crippen molar-refractivity contribution in [2.75, 3.05) is 6.61 Å². The van der Waals surface area contributed by atoms with Crippen molar-refractivity contribution in [2.24, 2.45) is 0 Å². The fourth-order valence-corrected chi connectivity index (χ4v) is 2.83. The van der Waals surface area contributed by atoms with E-state index >= 15 is 0 Å². The molecular formula is C17H26N2O3. The molecule has 1 aliphatic heterocycles. The van der Waals surface area contributed by atoms with Crippen LogP contribution in [0.3, 0.4) is 0 Å². The van der Waals surface area contributed by atoms with Crippen molar-refractivity contribution in [1.29, 1.82) is 0 Å². The highest BCUT2D eigenvalue weighted by Crippen LogP contribution is 2.30. The zero-order valence-electron chi connectivity index (χ0n) is 13.5. The molecule has 5 nitrogen and oxygen atoms in total. The summed E-state index contributed by atoms with van der Waals surface area (Å²) < 4.78 is 0. The Kier molecular flexibility index (Phi) is 5.21. The Morgan fingerprint density at radius 1 is 1.36 bits per heavy atom. The molecule has 0 spiro atoms. The number of hydrogen-bond donors (Lipinski definition) is 3. The van der Waals surface area contributed by atoms with Crippen LogP contribution in [0.15, 0.2) is 30.3 Å². The van der Waals surface area contributed by atoms with Gasteiger partial charge in [-0.2, -0.15) is 0 Å². The Balaban J connectivity index is 2.02. The highest BCUT2D eigenvalue weighted by atomic mass is 16.3. The molecule has 2 rings (SSSR count). The molecule has 1 fully saturated rings. The van der Waals surface area contributed by atoms with E-state index in [9.17, 15) is 15.0 Å². The second-order valence-corrected chi connectivity index (χ2v) is 6.98. The summed E-state index contributed by atoms with van der Waals surface area (Å²) in [5.74, 6) is -0.355. The van der Waals surface area contributed by atoms with Crippen molar-refractivity contribution >= 4 is 5.91 Å². The van der Waals surface area contributed by atoms with E-state index in [1.54, 1.807) is 0 Å². The van der Waals surface area contributed by atoms with E-state index in [1.165, 1.54) is 0 Å². The number of nitrogens with zero attached hydrogens (tertiary/aromatic N) is 1. The number of benzene rings is 1. The Bertz CT molecular complexity index is 498. The fraction of sp³-hybridized carbons (Fsp3) is 0.588. The largest absolute Gasteiger partial charge is 0.395 e. The molecule has 5 heteroatoms. The number of aliphatic hydroxyl groups is 2. The van der Waals surface area contributed by atoms with Gasteiger partial charge in [-0.05, 0) is 32.8 Å². The first-order valence-corrected chi connectivity index (χ1v) is 7.72. The fourth-order valence-electron chi connectivity index (χ4n) is 2.83. The van der Waals surface area contributed by atoms with Gasteiger partial charge in [0.1, 0.15) is 6.10 Å². The Labute approximate surface area is 131 Å². The molecule has 122 valence electrons. The van der Waals surface area contributed by atoms with Gasteiger partial charge in [0, 0.05) is 24.2 Å². The highest BCUT2D eigenvalue weighted by Gasteiger charge is 2.44. The van der Waals surface area contributed by atoms with Crippen molar-refractivity contribution in [3.05, 3.63) is 35.9 Å². The molecule has 1 aromatic carbocycles. The number of likely N-dealkylation sites (tertiary alicyclic amines) is 1. The van der Waals surface area contributed by atoms with E-state index in [0.29, 0.717) is 13.0 Å². The molecular weight excluding hydrogens is 280 g/mol. The topological polar surface area (TPSA) is 72.8 Å². The maximum atomic E-state index is 12.1. The average Bonchev–Trinajstić information content (AvgIpc) is 2.43. The van der Waals surface area contributed by atoms with E-state index in [-0.39, 0.29) is 30.1 Å². The molecule has 1 saturated heterocycles. The summed E-state index contributed by atoms with van der Waals surface area (Å²) in [6, 6.07) is 9.63. The van der Waals surface area contributed by atoms with E-state index in [4.69, 9.17) is 0 Å². The lowest BCUT2D eigenvalue weighted by Crippen LogP contribution is -2.65. The average molecular weight is 306 g/mol. The first kappa shape index (κ1) is 16.9. The molecule has 2 unspecified atom stereocenters. The minimum Gasteiger partial charge on any atom is -0.395 e. The lowest BCUT2D eigenvalue weighted by atomic mass is 9.87. The van der Waals surface area contributed by atoms with Crippen LogP contribution in [0.1, 0.15) is 32.8 Å². The summed E-state index contributed by atoms with van der Waals surface area (Å²) in [6.45, 7) is 6.32. The van der Waals surface area contributed by atoms with Crippen molar-refractivity contribution in [2.45, 2.75) is 57.5 Å². The minimum absolute atomic E-state index is 0.00212. The van der Waals surface area contributed by atoms with Crippen LogP contribution in [0.2, 0.25) is 0 Å². The zero-order valence-corrected chi connectivity index (χ0v) is 13.5. The Hall–Kier alpha value is -1.43. The predicted octanol–water partition coefficient (Wildman–Crippen LogP) is 0.897. The SMILES string of the molecule is CC(C)(C)NC(=O)[C@H](O)C1CC(CO)N1Cc1ccccc1. The van der Waals surface area contributed by atoms with Crippen LogP contribution in [0.5, 0.6) is 0 Å². The van der Waals surface area contributed by atoms with Crippen molar-refractivity contribution in [1.82, 2.24) is 10.2 Å². The third kappa shape index (κ3) is 4.06. The van der Waals surface area contributed by atoms with Gasteiger partial charge in [-0.3, -0.25) is 9.69 Å². The van der Waals surface area contributed by atoms with Crippen molar-refractivity contribution in [3.63, 3.8) is 0 Å². The van der Waals surface area contributed by atoms with E-state index in [1.807, 2.05) is 56.0 Å². The van der Waals surface area contributed by atoms with E-state index < -0.39 is 6.10 Å². The summed E-state index contributed by atoms with van der Waals surface area (Å²) >= 11 is 0. The lowest BCUT2D eigenvalue weighted by molar-refractivity contribution is -0.144. The van der Waals surface area contributed by atoms with E-state index in [0.717, 1.165) is 5.56 Å². The molecule has 1 amide bonds. The van der Waals surface area contributed by atoms with Gasteiger partial charge in [0.15, 0.2) is 0 Å². The number of hydrogen-bond acceptors (Lipinski definition) is 4. The van der Waals surface area contributed by atoms with Crippen molar-refractivity contribution < 1.29 is 15.0 Å². The molecule has 0 aliphatic carbocycles. The van der Waals surface area contributed by atoms with Gasteiger partial charge in [-0.1, -0.05) is 30.3 Å². The molecule has 0 saturated carbocycles. The monoisotopic (exact) mass is 306 g/mol. The third-order valence-corrected chi connectivity index (χ3v) is 3.96. The smallest absolute Gasteiger partial charge is 0.250 e. The Morgan fingerprint density at radius 3 is 2.55 bits per heavy atom. The van der Waals surface area contributed by atoms with Gasteiger partial charge in [-0.25, -0.2) is 0 Å². The summed E-state index contributed by atoms with van der Waals surface area (Å²) in [5.41, 5.74) is 0.733. The highest BCUT2D eigenvalue weighted by molar-refractivity contribution is 5.82. The maximum absolute atomic E-state index is 12.1. The first-order valence-electron chi connectivity index (χ1n) is 7.72. The normalized spacial score (nSPS) is 23.7. The van der Waals surface area contributed by atoms with E-state index in [2.05, 4.69) is 5.32 Å². The van der Waals surface area contributed by atoms with Crippen molar-refractivity contribution in [3.8, 4) is 0 Å². The van der Waals surface area contributed by atoms with Gasteiger partial charge in [-0.15, -0.1) is 0 Å². The van der Waals surface area contributed by atoms with Crippen LogP contribution in [0, 0.1) is 0 Å². The van der Waals surface area contributed by atoms with Crippen LogP contribution in [-0.2, 0) is 11.3 Å². The quantitative estimate of drug-likeness (QED) is 0.756. The zero-order chi connectivity index (χ0) is 16.3. The molecule has 0 bridgehead atoms. The molecule has 3 atom stereocenters. The van der Waals surface area contributed by atoms with Crippen LogP contribution < -0.4 is 5.32 Å². The van der Waals surface area contributed by atoms with Crippen LogP contribution >= 0.6 is 0 Å². The molecule has 1 aliphatic rings. The summed E-state index contributed by atoms with van der Waals surface area (Å²) in [6.07, 6.45) is -0.451. The second kappa shape index (κ2) is 6.77. The van der Waals surface area contributed by atoms with Crippen LogP contribution in [0.4, 0.5) is 0 Å². The number of carbonyl (C=O) groups is 1. The number of rotatable bonds is 5. The number of amides is 1. The summed E-state index contributed by atoms with van der Waals surface area (Å²) in [5, 5.41) is 22.6. The van der Waals surface area contributed by atoms with Gasteiger partial charge >= 0.3 is 0 Å². The second-order valence-electron chi connectivity index (χ2n) is 6.98.